The molecule has 2 atom stereocenters. The normalized spacial score (nSPS) is 25.0. The minimum Gasteiger partial charge on any atom is -0.339 e. The molecule has 3 aliphatic rings. The summed E-state index contributed by atoms with van der Waals surface area (Å²) in [5, 5.41) is 0. The van der Waals surface area contributed by atoms with E-state index in [1.807, 2.05) is 13.0 Å². The molecule has 5 rings (SSSR count). The standard InChI is InChI=1S/C16H20N4O2S2/c1-12-3-6-15(23-12)24(21,22)20-10-13-4-5-14(20)11-19(9-13)16-17-7-2-8-18-16/h2-3,6-8,13-14H,4-5,9-11H2,1H3. The summed E-state index contributed by atoms with van der Waals surface area (Å²) in [6.07, 6.45) is 5.43. The monoisotopic (exact) mass is 364 g/mol. The molecule has 128 valence electrons. The third-order valence-electron chi connectivity index (χ3n) is 4.78. The van der Waals surface area contributed by atoms with Gasteiger partial charge < -0.3 is 4.90 Å². The van der Waals surface area contributed by atoms with Crippen molar-refractivity contribution < 1.29 is 8.42 Å². The lowest BCUT2D eigenvalue weighted by atomic mass is 9.97. The predicted molar refractivity (Wildman–Crippen MR) is 93.7 cm³/mol. The Morgan fingerprint density at radius 3 is 2.62 bits per heavy atom. The van der Waals surface area contributed by atoms with Crippen LogP contribution in [0.25, 0.3) is 0 Å². The fourth-order valence-electron chi connectivity index (χ4n) is 3.62. The van der Waals surface area contributed by atoms with Crippen LogP contribution in [0.4, 0.5) is 5.95 Å². The fraction of sp³-hybridized carbons (Fsp3) is 0.500. The van der Waals surface area contributed by atoms with Crippen molar-refractivity contribution in [2.24, 2.45) is 5.92 Å². The van der Waals surface area contributed by atoms with E-state index in [-0.39, 0.29) is 6.04 Å². The highest BCUT2D eigenvalue weighted by molar-refractivity contribution is 7.91. The van der Waals surface area contributed by atoms with Crippen molar-refractivity contribution in [1.82, 2.24) is 14.3 Å². The number of thiophene rings is 1. The van der Waals surface area contributed by atoms with Crippen LogP contribution in [0, 0.1) is 12.8 Å². The van der Waals surface area contributed by atoms with Gasteiger partial charge in [0.2, 0.25) is 5.95 Å². The van der Waals surface area contributed by atoms with Crippen LogP contribution in [0.1, 0.15) is 17.7 Å². The van der Waals surface area contributed by atoms with Crippen LogP contribution in [0.15, 0.2) is 34.8 Å². The van der Waals surface area contributed by atoms with Gasteiger partial charge in [0.15, 0.2) is 0 Å². The molecule has 8 heteroatoms. The molecule has 2 unspecified atom stereocenters. The van der Waals surface area contributed by atoms with Crippen molar-refractivity contribution in [3.63, 3.8) is 0 Å². The molecule has 6 nitrogen and oxygen atoms in total. The van der Waals surface area contributed by atoms with Gasteiger partial charge >= 0.3 is 0 Å². The minimum atomic E-state index is -3.42. The van der Waals surface area contributed by atoms with E-state index in [9.17, 15) is 8.42 Å². The summed E-state index contributed by atoms with van der Waals surface area (Å²) < 4.78 is 28.3. The lowest BCUT2D eigenvalue weighted by Gasteiger charge is -2.34. The van der Waals surface area contributed by atoms with Gasteiger partial charge in [-0.2, -0.15) is 4.31 Å². The topological polar surface area (TPSA) is 66.4 Å². The molecule has 0 N–H and O–H groups in total. The average Bonchev–Trinajstić information content (AvgIpc) is 2.83. The molecule has 5 heterocycles. The van der Waals surface area contributed by atoms with Crippen molar-refractivity contribution in [1.29, 1.82) is 0 Å². The molecule has 0 saturated carbocycles. The van der Waals surface area contributed by atoms with Gasteiger partial charge in [-0.15, -0.1) is 11.3 Å². The van der Waals surface area contributed by atoms with Gasteiger partial charge in [-0.1, -0.05) is 0 Å². The molecule has 0 spiro atoms. The van der Waals surface area contributed by atoms with Crippen LogP contribution in [-0.4, -0.2) is 48.4 Å². The van der Waals surface area contributed by atoms with Gasteiger partial charge in [0.05, 0.1) is 0 Å². The van der Waals surface area contributed by atoms with Gasteiger partial charge in [0, 0.05) is 42.9 Å². The maximum atomic E-state index is 13.1. The van der Waals surface area contributed by atoms with Crippen LogP contribution < -0.4 is 4.90 Å². The van der Waals surface area contributed by atoms with E-state index in [2.05, 4.69) is 14.9 Å². The molecule has 3 fully saturated rings. The molecule has 0 amide bonds. The van der Waals surface area contributed by atoms with Gasteiger partial charge in [-0.3, -0.25) is 0 Å². The summed E-state index contributed by atoms with van der Waals surface area (Å²) >= 11 is 1.35. The zero-order chi connectivity index (χ0) is 16.7. The summed E-state index contributed by atoms with van der Waals surface area (Å²) in [6, 6.07) is 5.38. The molecule has 3 aliphatic heterocycles. The zero-order valence-corrected chi connectivity index (χ0v) is 15.1. The van der Waals surface area contributed by atoms with Gasteiger partial charge in [-0.25, -0.2) is 18.4 Å². The Balaban J connectivity index is 1.64. The summed E-state index contributed by atoms with van der Waals surface area (Å²) in [6.45, 7) is 4.00. The quantitative estimate of drug-likeness (QED) is 0.835. The third-order valence-corrected chi connectivity index (χ3v) is 8.16. The first-order valence-electron chi connectivity index (χ1n) is 8.14. The Hall–Kier alpha value is -1.51. The summed E-state index contributed by atoms with van der Waals surface area (Å²) in [7, 11) is -3.42. The Labute approximate surface area is 146 Å². The van der Waals surface area contributed by atoms with Crippen molar-refractivity contribution in [2.75, 3.05) is 24.5 Å². The zero-order valence-electron chi connectivity index (χ0n) is 13.5. The first-order chi connectivity index (χ1) is 11.5. The SMILES string of the molecule is Cc1ccc(S(=O)(=O)N2CC3CCC2CN(c2ncccn2)C3)s1. The van der Waals surface area contributed by atoms with Crippen molar-refractivity contribution in [3.05, 3.63) is 35.5 Å². The molecule has 2 bridgehead atoms. The molecular weight excluding hydrogens is 344 g/mol. The summed E-state index contributed by atoms with van der Waals surface area (Å²) in [4.78, 5) is 11.8. The number of sulfonamides is 1. The molecule has 0 aliphatic carbocycles. The number of piperidine rings is 1. The number of rotatable bonds is 3. The number of nitrogens with zero attached hydrogens (tertiary/aromatic N) is 4. The maximum Gasteiger partial charge on any atom is 0.252 e. The summed E-state index contributed by atoms with van der Waals surface area (Å²) in [5.74, 6) is 1.02. The summed E-state index contributed by atoms with van der Waals surface area (Å²) in [5.41, 5.74) is 0. The van der Waals surface area contributed by atoms with Gasteiger partial charge in [0.1, 0.15) is 4.21 Å². The maximum absolute atomic E-state index is 13.1. The smallest absolute Gasteiger partial charge is 0.252 e. The van der Waals surface area contributed by atoms with E-state index in [0.29, 0.717) is 29.2 Å². The fourth-order valence-corrected chi connectivity index (χ4v) is 6.75. The number of aromatic nitrogens is 2. The van der Waals surface area contributed by atoms with E-state index in [4.69, 9.17) is 0 Å². The second-order valence-electron chi connectivity index (χ2n) is 6.49. The number of anilines is 1. The predicted octanol–water partition coefficient (Wildman–Crippen LogP) is 2.14. The van der Waals surface area contributed by atoms with Crippen molar-refractivity contribution in [2.45, 2.75) is 30.0 Å². The Bertz CT molecular complexity index is 822. The average molecular weight is 364 g/mol. The lowest BCUT2D eigenvalue weighted by molar-refractivity contribution is 0.231. The van der Waals surface area contributed by atoms with E-state index < -0.39 is 10.0 Å². The molecule has 24 heavy (non-hydrogen) atoms. The highest BCUT2D eigenvalue weighted by Crippen LogP contribution is 2.35. The van der Waals surface area contributed by atoms with Gasteiger partial charge in [0.25, 0.3) is 10.0 Å². The Kier molecular flexibility index (Phi) is 4.06. The first-order valence-corrected chi connectivity index (χ1v) is 10.4. The Morgan fingerprint density at radius 1 is 1.12 bits per heavy atom. The number of hydrogen-bond donors (Lipinski definition) is 0. The molecular formula is C16H20N4O2S2. The van der Waals surface area contributed by atoms with E-state index in [0.717, 1.165) is 24.3 Å². The van der Waals surface area contributed by atoms with Gasteiger partial charge in [-0.05, 0) is 43.9 Å². The second-order valence-corrected chi connectivity index (χ2v) is 9.90. The largest absolute Gasteiger partial charge is 0.339 e. The van der Waals surface area contributed by atoms with Crippen LogP contribution >= 0.6 is 11.3 Å². The first kappa shape index (κ1) is 16.0. The minimum absolute atomic E-state index is 0.0139. The van der Waals surface area contributed by atoms with Crippen LogP contribution in [-0.2, 0) is 10.0 Å². The van der Waals surface area contributed by atoms with Crippen LogP contribution in [0.5, 0.6) is 0 Å². The van der Waals surface area contributed by atoms with Crippen LogP contribution in [0.3, 0.4) is 0 Å². The number of hydrogen-bond acceptors (Lipinski definition) is 6. The Morgan fingerprint density at radius 2 is 1.92 bits per heavy atom. The molecule has 2 aromatic rings. The number of fused-ring (bicyclic) bond motifs is 4. The second kappa shape index (κ2) is 6.09. The molecule has 0 aromatic carbocycles. The number of aryl methyl sites for hydroxylation is 1. The molecule has 3 saturated heterocycles. The van der Waals surface area contributed by atoms with E-state index >= 15 is 0 Å². The lowest BCUT2D eigenvalue weighted by Crippen LogP contribution is -2.47. The highest BCUT2D eigenvalue weighted by atomic mass is 32.2. The van der Waals surface area contributed by atoms with Crippen molar-refractivity contribution in [3.8, 4) is 0 Å². The van der Waals surface area contributed by atoms with E-state index in [1.165, 1.54) is 11.3 Å². The highest BCUT2D eigenvalue weighted by Gasteiger charge is 2.42. The van der Waals surface area contributed by atoms with E-state index in [1.54, 1.807) is 28.8 Å². The molecule has 2 aromatic heterocycles. The van der Waals surface area contributed by atoms with Crippen molar-refractivity contribution >= 4 is 27.3 Å². The van der Waals surface area contributed by atoms with Crippen LogP contribution in [0.2, 0.25) is 0 Å². The molecule has 0 radical (unpaired) electrons. The third kappa shape index (κ3) is 2.82.